The van der Waals surface area contributed by atoms with E-state index in [0.717, 1.165) is 31.6 Å². The second kappa shape index (κ2) is 5.83. The van der Waals surface area contributed by atoms with E-state index in [1.807, 2.05) is 11.8 Å². The number of nitrogens with two attached hydrogens (primary N) is 1. The highest BCUT2D eigenvalue weighted by molar-refractivity contribution is 5.95. The molecule has 19 heavy (non-hydrogen) atoms. The van der Waals surface area contributed by atoms with Crippen molar-refractivity contribution in [1.29, 1.82) is 0 Å². The lowest BCUT2D eigenvalue weighted by atomic mass is 10.0. The predicted octanol–water partition coefficient (Wildman–Crippen LogP) is -0.602. The number of nitrogens with zero attached hydrogens (tertiary/aromatic N) is 2. The first-order valence-electron chi connectivity index (χ1n) is 6.37. The Labute approximate surface area is 111 Å². The Morgan fingerprint density at radius 1 is 1.53 bits per heavy atom. The molecule has 0 atom stereocenters. The quantitative estimate of drug-likeness (QED) is 0.676. The molecule has 1 aliphatic rings. The number of carbonyl (C=O) groups is 2. The van der Waals surface area contributed by atoms with Crippen LogP contribution < -0.4 is 11.1 Å². The molecule has 1 aromatic heterocycles. The fourth-order valence-electron chi connectivity index (χ4n) is 2.30. The molecule has 0 unspecified atom stereocenters. The molecular formula is C12H19N5O2. The fourth-order valence-corrected chi connectivity index (χ4v) is 2.30. The van der Waals surface area contributed by atoms with E-state index in [4.69, 9.17) is 5.73 Å². The van der Waals surface area contributed by atoms with E-state index in [9.17, 15) is 9.59 Å². The van der Waals surface area contributed by atoms with Gasteiger partial charge in [-0.15, -0.1) is 0 Å². The summed E-state index contributed by atoms with van der Waals surface area (Å²) in [5, 5.41) is 9.57. The molecule has 0 spiro atoms. The van der Waals surface area contributed by atoms with Crippen LogP contribution in [0.2, 0.25) is 0 Å². The summed E-state index contributed by atoms with van der Waals surface area (Å²) >= 11 is 0. The first-order chi connectivity index (χ1) is 9.06. The molecule has 0 saturated carbocycles. The molecule has 2 amide bonds. The summed E-state index contributed by atoms with van der Waals surface area (Å²) < 4.78 is 0. The van der Waals surface area contributed by atoms with Crippen molar-refractivity contribution < 1.29 is 9.59 Å². The van der Waals surface area contributed by atoms with E-state index in [0.29, 0.717) is 12.1 Å². The topological polar surface area (TPSA) is 104 Å². The number of hydrogen-bond donors (Lipinski definition) is 3. The van der Waals surface area contributed by atoms with Gasteiger partial charge in [0.1, 0.15) is 0 Å². The number of aromatic nitrogens is 2. The summed E-state index contributed by atoms with van der Waals surface area (Å²) in [6.45, 7) is 3.66. The Morgan fingerprint density at radius 2 is 2.21 bits per heavy atom. The predicted molar refractivity (Wildman–Crippen MR) is 69.4 cm³/mol. The Kier molecular flexibility index (Phi) is 4.16. The second-order valence-corrected chi connectivity index (χ2v) is 4.90. The number of amides is 2. The minimum Gasteiger partial charge on any atom is -0.369 e. The molecule has 4 N–H and O–H groups in total. The Bertz CT molecular complexity index is 462. The zero-order chi connectivity index (χ0) is 13.8. The number of rotatable bonds is 4. The van der Waals surface area contributed by atoms with Crippen molar-refractivity contribution in [2.45, 2.75) is 25.8 Å². The number of likely N-dealkylation sites (tertiary alicyclic amines) is 1. The number of H-pyrrole nitrogens is 1. The van der Waals surface area contributed by atoms with Crippen LogP contribution in [0.15, 0.2) is 6.20 Å². The monoisotopic (exact) mass is 265 g/mol. The van der Waals surface area contributed by atoms with Crippen molar-refractivity contribution in [2.24, 2.45) is 5.73 Å². The molecule has 0 radical (unpaired) electrons. The van der Waals surface area contributed by atoms with Crippen molar-refractivity contribution in [3.8, 4) is 0 Å². The van der Waals surface area contributed by atoms with Crippen LogP contribution in [0, 0.1) is 6.92 Å². The molecule has 0 bridgehead atoms. The SMILES string of the molecule is Cc1[nH]ncc1C(=O)NC1CCN(CC(N)=O)CC1. The van der Waals surface area contributed by atoms with Crippen LogP contribution in [0.1, 0.15) is 28.9 Å². The molecule has 1 saturated heterocycles. The minimum atomic E-state index is -0.309. The van der Waals surface area contributed by atoms with Gasteiger partial charge in [0.2, 0.25) is 5.91 Å². The van der Waals surface area contributed by atoms with E-state index in [2.05, 4.69) is 15.5 Å². The number of carbonyl (C=O) groups excluding carboxylic acids is 2. The molecule has 1 aromatic rings. The Balaban J connectivity index is 1.81. The van der Waals surface area contributed by atoms with Gasteiger partial charge >= 0.3 is 0 Å². The van der Waals surface area contributed by atoms with Gasteiger partial charge in [0.05, 0.1) is 18.3 Å². The van der Waals surface area contributed by atoms with Crippen molar-refractivity contribution >= 4 is 11.8 Å². The number of aryl methyl sites for hydroxylation is 1. The van der Waals surface area contributed by atoms with Gasteiger partial charge < -0.3 is 11.1 Å². The van der Waals surface area contributed by atoms with Crippen LogP contribution >= 0.6 is 0 Å². The van der Waals surface area contributed by atoms with Gasteiger partial charge in [-0.3, -0.25) is 19.6 Å². The van der Waals surface area contributed by atoms with Crippen LogP contribution in [0.3, 0.4) is 0 Å². The number of nitrogens with one attached hydrogen (secondary N) is 2. The lowest BCUT2D eigenvalue weighted by Gasteiger charge is -2.31. The summed E-state index contributed by atoms with van der Waals surface area (Å²) in [4.78, 5) is 24.8. The van der Waals surface area contributed by atoms with Crippen LogP contribution in [0.25, 0.3) is 0 Å². The number of hydrogen-bond acceptors (Lipinski definition) is 4. The van der Waals surface area contributed by atoms with Gasteiger partial charge in [-0.05, 0) is 19.8 Å². The molecule has 2 heterocycles. The lowest BCUT2D eigenvalue weighted by molar-refractivity contribution is -0.119. The highest BCUT2D eigenvalue weighted by Crippen LogP contribution is 2.11. The zero-order valence-electron chi connectivity index (χ0n) is 11.0. The van der Waals surface area contributed by atoms with Crippen LogP contribution in [0.4, 0.5) is 0 Å². The van der Waals surface area contributed by atoms with Crippen molar-refractivity contribution in [1.82, 2.24) is 20.4 Å². The van der Waals surface area contributed by atoms with Crippen LogP contribution in [0.5, 0.6) is 0 Å². The molecule has 104 valence electrons. The van der Waals surface area contributed by atoms with Gasteiger partial charge in [-0.1, -0.05) is 0 Å². The first-order valence-corrected chi connectivity index (χ1v) is 6.37. The zero-order valence-corrected chi connectivity index (χ0v) is 11.0. The van der Waals surface area contributed by atoms with Crippen LogP contribution in [-0.2, 0) is 4.79 Å². The minimum absolute atomic E-state index is 0.0976. The van der Waals surface area contributed by atoms with Gasteiger partial charge in [-0.25, -0.2) is 0 Å². The highest BCUT2D eigenvalue weighted by Gasteiger charge is 2.22. The maximum absolute atomic E-state index is 12.0. The number of aromatic amines is 1. The summed E-state index contributed by atoms with van der Waals surface area (Å²) in [5.41, 5.74) is 6.51. The maximum Gasteiger partial charge on any atom is 0.254 e. The molecule has 0 aliphatic carbocycles. The Morgan fingerprint density at radius 3 is 2.74 bits per heavy atom. The van der Waals surface area contributed by atoms with E-state index in [-0.39, 0.29) is 17.9 Å². The number of piperidine rings is 1. The van der Waals surface area contributed by atoms with Gasteiger partial charge in [0.25, 0.3) is 5.91 Å². The van der Waals surface area contributed by atoms with E-state index < -0.39 is 0 Å². The normalized spacial score (nSPS) is 17.3. The first kappa shape index (κ1) is 13.5. The Hall–Kier alpha value is -1.89. The molecule has 0 aromatic carbocycles. The summed E-state index contributed by atoms with van der Waals surface area (Å²) in [7, 11) is 0. The van der Waals surface area contributed by atoms with Gasteiger partial charge in [0, 0.05) is 24.8 Å². The van der Waals surface area contributed by atoms with Crippen molar-refractivity contribution in [3.05, 3.63) is 17.5 Å². The van der Waals surface area contributed by atoms with Crippen molar-refractivity contribution in [3.63, 3.8) is 0 Å². The van der Waals surface area contributed by atoms with Gasteiger partial charge in [-0.2, -0.15) is 5.10 Å². The van der Waals surface area contributed by atoms with E-state index in [1.54, 1.807) is 0 Å². The fraction of sp³-hybridized carbons (Fsp3) is 0.583. The smallest absolute Gasteiger partial charge is 0.254 e. The third-order valence-corrected chi connectivity index (χ3v) is 3.38. The molecule has 2 rings (SSSR count). The largest absolute Gasteiger partial charge is 0.369 e. The third kappa shape index (κ3) is 3.54. The average molecular weight is 265 g/mol. The average Bonchev–Trinajstić information content (AvgIpc) is 2.77. The molecule has 1 fully saturated rings. The third-order valence-electron chi connectivity index (χ3n) is 3.38. The summed E-state index contributed by atoms with van der Waals surface area (Å²) in [6.07, 6.45) is 3.19. The second-order valence-electron chi connectivity index (χ2n) is 4.90. The standard InChI is InChI=1S/C12H19N5O2/c1-8-10(6-14-16-8)12(19)15-9-2-4-17(5-3-9)7-11(13)18/h6,9H,2-5,7H2,1H3,(H2,13,18)(H,14,16)(H,15,19). The molecule has 1 aliphatic heterocycles. The van der Waals surface area contributed by atoms with Crippen LogP contribution in [-0.4, -0.2) is 52.6 Å². The number of primary amides is 1. The summed E-state index contributed by atoms with van der Waals surface area (Å²) in [6, 6.07) is 0.144. The van der Waals surface area contributed by atoms with Crippen molar-refractivity contribution in [2.75, 3.05) is 19.6 Å². The molecular weight excluding hydrogens is 246 g/mol. The summed E-state index contributed by atoms with van der Waals surface area (Å²) in [5.74, 6) is -0.406. The lowest BCUT2D eigenvalue weighted by Crippen LogP contribution is -2.46. The highest BCUT2D eigenvalue weighted by atomic mass is 16.2. The molecule has 7 heteroatoms. The van der Waals surface area contributed by atoms with E-state index >= 15 is 0 Å². The maximum atomic E-state index is 12.0. The molecule has 7 nitrogen and oxygen atoms in total. The van der Waals surface area contributed by atoms with E-state index in [1.165, 1.54) is 6.20 Å². The van der Waals surface area contributed by atoms with Gasteiger partial charge in [0.15, 0.2) is 0 Å².